The summed E-state index contributed by atoms with van der Waals surface area (Å²) >= 11 is 0. The molecule has 21 heavy (non-hydrogen) atoms. The number of hydrogen-bond acceptors (Lipinski definition) is 7. The zero-order chi connectivity index (χ0) is 16.2. The van der Waals surface area contributed by atoms with Crippen molar-refractivity contribution >= 4 is 6.09 Å². The number of rotatable bonds is 5. The van der Waals surface area contributed by atoms with Gasteiger partial charge in [0, 0.05) is 0 Å². The zero-order valence-corrected chi connectivity index (χ0v) is 13.1. The van der Waals surface area contributed by atoms with Gasteiger partial charge in [-0.15, -0.1) is 10.2 Å². The molecule has 1 rings (SSSR count). The fourth-order valence-corrected chi connectivity index (χ4v) is 1.55. The lowest BCUT2D eigenvalue weighted by molar-refractivity contribution is 0.0478. The van der Waals surface area contributed by atoms with E-state index in [0.717, 1.165) is 0 Å². The molecular weight excluding hydrogens is 276 g/mol. The van der Waals surface area contributed by atoms with Gasteiger partial charge in [-0.3, -0.25) is 0 Å². The minimum atomic E-state index is -0.736. The second-order valence-corrected chi connectivity index (χ2v) is 6.14. The highest BCUT2D eigenvalue weighted by Crippen LogP contribution is 2.22. The van der Waals surface area contributed by atoms with Crippen LogP contribution in [0.4, 0.5) is 4.79 Å². The molecule has 0 saturated heterocycles. The van der Waals surface area contributed by atoms with E-state index in [1.165, 1.54) is 0 Å². The van der Waals surface area contributed by atoms with Crippen LogP contribution in [0.15, 0.2) is 4.42 Å². The monoisotopic (exact) mass is 300 g/mol. The largest absolute Gasteiger partial charge is 0.444 e. The van der Waals surface area contributed by atoms with Crippen molar-refractivity contribution in [3.63, 3.8) is 0 Å². The van der Waals surface area contributed by atoms with Crippen molar-refractivity contribution in [3.05, 3.63) is 11.8 Å². The number of alkyl carbamates (subject to hydrolysis) is 1. The Kier molecular flexibility index (Phi) is 5.68. The topological polar surface area (TPSA) is 124 Å². The maximum Gasteiger partial charge on any atom is 0.408 e. The Morgan fingerprint density at radius 2 is 1.95 bits per heavy atom. The van der Waals surface area contributed by atoms with Crippen molar-refractivity contribution in [1.82, 2.24) is 15.5 Å². The lowest BCUT2D eigenvalue weighted by atomic mass is 10.1. The summed E-state index contributed by atoms with van der Waals surface area (Å²) in [6.45, 7) is 8.84. The van der Waals surface area contributed by atoms with Crippen molar-refractivity contribution in [2.75, 3.05) is 6.61 Å². The summed E-state index contributed by atoms with van der Waals surface area (Å²) in [6, 6.07) is -1.23. The number of aromatic nitrogens is 2. The van der Waals surface area contributed by atoms with Crippen LogP contribution in [0, 0.1) is 5.92 Å². The highest BCUT2D eigenvalue weighted by Gasteiger charge is 2.27. The number of hydrogen-bond donors (Lipinski definition) is 3. The van der Waals surface area contributed by atoms with E-state index < -0.39 is 23.8 Å². The van der Waals surface area contributed by atoms with Gasteiger partial charge in [0.2, 0.25) is 11.8 Å². The summed E-state index contributed by atoms with van der Waals surface area (Å²) in [6.07, 6.45) is -0.563. The molecule has 0 bridgehead atoms. The van der Waals surface area contributed by atoms with Gasteiger partial charge < -0.3 is 25.3 Å². The molecule has 0 radical (unpaired) electrons. The average Bonchev–Trinajstić information content (AvgIpc) is 2.81. The van der Waals surface area contributed by atoms with Gasteiger partial charge in [-0.1, -0.05) is 13.8 Å². The molecule has 1 aromatic rings. The van der Waals surface area contributed by atoms with Gasteiger partial charge in [-0.2, -0.15) is 0 Å². The Morgan fingerprint density at radius 1 is 1.38 bits per heavy atom. The molecule has 120 valence electrons. The van der Waals surface area contributed by atoms with E-state index in [0.29, 0.717) is 0 Å². The molecule has 8 heteroatoms. The number of nitrogens with zero attached hydrogens (tertiary/aromatic N) is 2. The number of carbonyl (C=O) groups is 1. The number of nitrogens with two attached hydrogens (primary N) is 1. The minimum absolute atomic E-state index is 0.0103. The van der Waals surface area contributed by atoms with E-state index in [1.54, 1.807) is 20.8 Å². The van der Waals surface area contributed by atoms with Crippen LogP contribution in [-0.2, 0) is 4.74 Å². The second-order valence-electron chi connectivity index (χ2n) is 6.14. The summed E-state index contributed by atoms with van der Waals surface area (Å²) in [4.78, 5) is 11.9. The summed E-state index contributed by atoms with van der Waals surface area (Å²) in [5.41, 5.74) is 5.02. The first-order valence-electron chi connectivity index (χ1n) is 6.83. The third-order valence-corrected chi connectivity index (χ3v) is 2.58. The van der Waals surface area contributed by atoms with Crippen LogP contribution in [0.1, 0.15) is 58.5 Å². The van der Waals surface area contributed by atoms with Crippen LogP contribution in [0.2, 0.25) is 0 Å². The van der Waals surface area contributed by atoms with E-state index >= 15 is 0 Å². The Labute approximate surface area is 124 Å². The van der Waals surface area contributed by atoms with Crippen LogP contribution in [0.25, 0.3) is 0 Å². The maximum absolute atomic E-state index is 11.9. The number of aliphatic hydroxyl groups excluding tert-OH is 1. The van der Waals surface area contributed by atoms with Crippen molar-refractivity contribution < 1.29 is 19.1 Å². The van der Waals surface area contributed by atoms with Crippen LogP contribution < -0.4 is 11.1 Å². The molecule has 0 saturated carbocycles. The van der Waals surface area contributed by atoms with E-state index in [4.69, 9.17) is 20.0 Å². The Hall–Kier alpha value is -1.67. The first-order chi connectivity index (χ1) is 9.64. The molecule has 0 aliphatic carbocycles. The molecule has 1 heterocycles. The molecule has 0 fully saturated rings. The summed E-state index contributed by atoms with van der Waals surface area (Å²) in [7, 11) is 0. The molecule has 2 unspecified atom stereocenters. The molecule has 2 atom stereocenters. The fourth-order valence-electron chi connectivity index (χ4n) is 1.55. The molecule has 0 spiro atoms. The third kappa shape index (κ3) is 5.31. The molecule has 0 aromatic carbocycles. The number of aliphatic hydroxyl groups is 1. The van der Waals surface area contributed by atoms with Gasteiger partial charge in [0.1, 0.15) is 17.7 Å². The smallest absolute Gasteiger partial charge is 0.408 e. The van der Waals surface area contributed by atoms with Gasteiger partial charge in [-0.25, -0.2) is 4.79 Å². The van der Waals surface area contributed by atoms with Gasteiger partial charge in [0.15, 0.2) is 0 Å². The Balaban J connectivity index is 2.83. The van der Waals surface area contributed by atoms with E-state index in [-0.39, 0.29) is 24.3 Å². The second kappa shape index (κ2) is 6.86. The summed E-state index contributed by atoms with van der Waals surface area (Å²) < 4.78 is 10.6. The standard InChI is InChI=1S/C13H24N4O4/c1-7(2)9(15-12(19)21-13(3,4)5)11-17-16-10(20-11)8(14)6-18/h7-9,18H,6,14H2,1-5H3,(H,15,19). The molecule has 0 aliphatic rings. The molecule has 8 nitrogen and oxygen atoms in total. The van der Waals surface area contributed by atoms with Gasteiger partial charge in [0.05, 0.1) is 6.61 Å². The molecule has 4 N–H and O–H groups in total. The predicted octanol–water partition coefficient (Wildman–Crippen LogP) is 1.28. The van der Waals surface area contributed by atoms with Crippen LogP contribution in [-0.4, -0.2) is 33.6 Å². The van der Waals surface area contributed by atoms with Crippen LogP contribution in [0.5, 0.6) is 0 Å². The van der Waals surface area contributed by atoms with Gasteiger partial charge in [0.25, 0.3) is 0 Å². The van der Waals surface area contributed by atoms with Gasteiger partial charge >= 0.3 is 6.09 Å². The average molecular weight is 300 g/mol. The normalized spacial score (nSPS) is 14.9. The van der Waals surface area contributed by atoms with Crippen molar-refractivity contribution in [1.29, 1.82) is 0 Å². The fraction of sp³-hybridized carbons (Fsp3) is 0.769. The van der Waals surface area contributed by atoms with Crippen molar-refractivity contribution in [2.45, 2.75) is 52.3 Å². The quantitative estimate of drug-likeness (QED) is 0.748. The first-order valence-corrected chi connectivity index (χ1v) is 6.83. The van der Waals surface area contributed by atoms with Gasteiger partial charge in [-0.05, 0) is 26.7 Å². The minimum Gasteiger partial charge on any atom is -0.444 e. The number of ether oxygens (including phenoxy) is 1. The highest BCUT2D eigenvalue weighted by molar-refractivity contribution is 5.68. The molecular formula is C13H24N4O4. The maximum atomic E-state index is 11.9. The number of amides is 1. The molecule has 1 aromatic heterocycles. The van der Waals surface area contributed by atoms with Crippen LogP contribution >= 0.6 is 0 Å². The Bertz CT molecular complexity index is 467. The summed E-state index contributed by atoms with van der Waals surface area (Å²) in [5.74, 6) is 0.370. The van der Waals surface area contributed by atoms with E-state index in [1.807, 2.05) is 13.8 Å². The molecule has 0 aliphatic heterocycles. The zero-order valence-electron chi connectivity index (χ0n) is 13.1. The lowest BCUT2D eigenvalue weighted by Gasteiger charge is -2.23. The first kappa shape index (κ1) is 17.4. The van der Waals surface area contributed by atoms with E-state index in [9.17, 15) is 4.79 Å². The number of nitrogens with one attached hydrogen (secondary N) is 1. The van der Waals surface area contributed by atoms with E-state index in [2.05, 4.69) is 15.5 Å². The summed E-state index contributed by atoms with van der Waals surface area (Å²) in [5, 5.41) is 19.3. The van der Waals surface area contributed by atoms with Crippen LogP contribution in [0.3, 0.4) is 0 Å². The lowest BCUT2D eigenvalue weighted by Crippen LogP contribution is -2.37. The highest BCUT2D eigenvalue weighted by atomic mass is 16.6. The predicted molar refractivity (Wildman–Crippen MR) is 75.3 cm³/mol. The molecule has 1 amide bonds. The SMILES string of the molecule is CC(C)C(NC(=O)OC(C)(C)C)c1nnc(C(N)CO)o1. The Morgan fingerprint density at radius 3 is 2.43 bits per heavy atom. The number of carbonyl (C=O) groups excluding carboxylic acids is 1. The third-order valence-electron chi connectivity index (χ3n) is 2.58. The van der Waals surface area contributed by atoms with Crippen molar-refractivity contribution in [2.24, 2.45) is 11.7 Å². The van der Waals surface area contributed by atoms with Crippen molar-refractivity contribution in [3.8, 4) is 0 Å².